The van der Waals surface area contributed by atoms with Crippen LogP contribution >= 0.6 is 0 Å². The predicted octanol–water partition coefficient (Wildman–Crippen LogP) is 2.75. The molecule has 2 aromatic carbocycles. The summed E-state index contributed by atoms with van der Waals surface area (Å²) in [6.45, 7) is 4.73. The molecule has 0 N–H and O–H groups in total. The van der Waals surface area contributed by atoms with E-state index in [1.165, 1.54) is 9.13 Å². The smallest absolute Gasteiger partial charge is 0.331 e. The van der Waals surface area contributed by atoms with Gasteiger partial charge in [-0.3, -0.25) is 13.9 Å². The number of rotatable bonds is 6. The van der Waals surface area contributed by atoms with Gasteiger partial charge in [-0.25, -0.2) is 4.79 Å². The maximum Gasteiger partial charge on any atom is 0.331 e. The first-order valence-corrected chi connectivity index (χ1v) is 8.59. The Morgan fingerprint density at radius 3 is 2.31 bits per heavy atom. The molecule has 0 atom stereocenters. The van der Waals surface area contributed by atoms with Gasteiger partial charge in [-0.15, -0.1) is 0 Å². The molecule has 0 fully saturated rings. The number of nitrogens with zero attached hydrogens (tertiary/aromatic N) is 2. The highest BCUT2D eigenvalue weighted by Crippen LogP contribution is 2.11. The molecule has 1 aromatic heterocycles. The average Bonchev–Trinajstić information content (AvgIpc) is 2.65. The van der Waals surface area contributed by atoms with Gasteiger partial charge < -0.3 is 4.74 Å². The minimum absolute atomic E-state index is 0.255. The van der Waals surface area contributed by atoms with Crippen LogP contribution < -0.4 is 16.0 Å². The Morgan fingerprint density at radius 1 is 0.923 bits per heavy atom. The fraction of sp³-hybridized carbons (Fsp3) is 0.238. The van der Waals surface area contributed by atoms with Gasteiger partial charge in [0.05, 0.1) is 13.1 Å². The third-order valence-corrected chi connectivity index (χ3v) is 4.21. The SMILES string of the molecule is Cc1ccc(OCCn2cc(C)c(=O)n(Cc3ccccc3)c2=O)cc1. The third kappa shape index (κ3) is 4.11. The predicted molar refractivity (Wildman–Crippen MR) is 102 cm³/mol. The number of hydrogen-bond donors (Lipinski definition) is 0. The molecular weight excluding hydrogens is 328 g/mol. The second kappa shape index (κ2) is 7.87. The molecule has 3 rings (SSSR count). The van der Waals surface area contributed by atoms with Crippen LogP contribution in [0.2, 0.25) is 0 Å². The number of ether oxygens (including phenoxy) is 1. The maximum atomic E-state index is 12.7. The Labute approximate surface area is 152 Å². The van der Waals surface area contributed by atoms with Crippen LogP contribution in [0.25, 0.3) is 0 Å². The van der Waals surface area contributed by atoms with Gasteiger partial charge in [0.1, 0.15) is 12.4 Å². The van der Waals surface area contributed by atoms with E-state index in [1.54, 1.807) is 13.1 Å². The standard InChI is InChI=1S/C21H22N2O3/c1-16-8-10-19(11-9-16)26-13-12-22-14-17(2)20(24)23(21(22)25)15-18-6-4-3-5-7-18/h3-11,14H,12-13,15H2,1-2H3. The van der Waals surface area contributed by atoms with Crippen molar-refractivity contribution in [2.45, 2.75) is 26.9 Å². The lowest BCUT2D eigenvalue weighted by Gasteiger charge is -2.12. The Bertz CT molecular complexity index is 987. The summed E-state index contributed by atoms with van der Waals surface area (Å²) in [5.41, 5.74) is 2.04. The molecule has 1 heterocycles. The summed E-state index contributed by atoms with van der Waals surface area (Å²) in [5, 5.41) is 0. The van der Waals surface area contributed by atoms with E-state index >= 15 is 0 Å². The van der Waals surface area contributed by atoms with Crippen molar-refractivity contribution in [2.24, 2.45) is 0 Å². The molecule has 5 nitrogen and oxygen atoms in total. The zero-order chi connectivity index (χ0) is 18.5. The lowest BCUT2D eigenvalue weighted by atomic mass is 10.2. The fourth-order valence-electron chi connectivity index (χ4n) is 2.76. The molecule has 0 radical (unpaired) electrons. The van der Waals surface area contributed by atoms with Crippen LogP contribution in [0.15, 0.2) is 70.4 Å². The van der Waals surface area contributed by atoms with E-state index in [4.69, 9.17) is 4.74 Å². The van der Waals surface area contributed by atoms with Crippen LogP contribution in [0.3, 0.4) is 0 Å². The Morgan fingerprint density at radius 2 is 1.62 bits per heavy atom. The lowest BCUT2D eigenvalue weighted by Crippen LogP contribution is -2.41. The first kappa shape index (κ1) is 17.7. The number of hydrogen-bond acceptors (Lipinski definition) is 3. The van der Waals surface area contributed by atoms with Gasteiger partial charge in [0.15, 0.2) is 0 Å². The lowest BCUT2D eigenvalue weighted by molar-refractivity contribution is 0.293. The van der Waals surface area contributed by atoms with Gasteiger partial charge in [-0.2, -0.15) is 0 Å². The molecule has 5 heteroatoms. The van der Waals surface area contributed by atoms with E-state index in [-0.39, 0.29) is 17.8 Å². The Kier molecular flexibility index (Phi) is 5.37. The van der Waals surface area contributed by atoms with Crippen LogP contribution in [0.4, 0.5) is 0 Å². The topological polar surface area (TPSA) is 53.2 Å². The van der Waals surface area contributed by atoms with Gasteiger partial charge in [0, 0.05) is 11.8 Å². The monoisotopic (exact) mass is 350 g/mol. The number of benzene rings is 2. The van der Waals surface area contributed by atoms with Crippen molar-refractivity contribution >= 4 is 0 Å². The molecule has 0 unspecified atom stereocenters. The van der Waals surface area contributed by atoms with Crippen molar-refractivity contribution in [2.75, 3.05) is 6.61 Å². The van der Waals surface area contributed by atoms with Crippen LogP contribution in [0, 0.1) is 13.8 Å². The van der Waals surface area contributed by atoms with Crippen molar-refractivity contribution in [1.82, 2.24) is 9.13 Å². The van der Waals surface area contributed by atoms with Crippen LogP contribution in [-0.2, 0) is 13.1 Å². The van der Waals surface area contributed by atoms with Crippen LogP contribution in [0.1, 0.15) is 16.7 Å². The van der Waals surface area contributed by atoms with Crippen molar-refractivity contribution in [3.63, 3.8) is 0 Å². The third-order valence-electron chi connectivity index (χ3n) is 4.21. The first-order chi connectivity index (χ1) is 12.5. The zero-order valence-electron chi connectivity index (χ0n) is 15.0. The number of aryl methyl sites for hydroxylation is 2. The van der Waals surface area contributed by atoms with E-state index in [0.717, 1.165) is 16.9 Å². The molecule has 0 amide bonds. The summed E-state index contributed by atoms with van der Waals surface area (Å²) in [5.74, 6) is 0.762. The minimum atomic E-state index is -0.322. The minimum Gasteiger partial charge on any atom is -0.492 e. The molecule has 0 saturated heterocycles. The quantitative estimate of drug-likeness (QED) is 0.687. The van der Waals surface area contributed by atoms with Crippen molar-refractivity contribution < 1.29 is 4.74 Å². The van der Waals surface area contributed by atoms with Crippen molar-refractivity contribution in [1.29, 1.82) is 0 Å². The van der Waals surface area contributed by atoms with Gasteiger partial charge in [0.25, 0.3) is 5.56 Å². The molecule has 0 bridgehead atoms. The summed E-state index contributed by atoms with van der Waals surface area (Å²) in [4.78, 5) is 25.1. The van der Waals surface area contributed by atoms with E-state index in [9.17, 15) is 9.59 Å². The molecule has 0 saturated carbocycles. The second-order valence-electron chi connectivity index (χ2n) is 6.33. The van der Waals surface area contributed by atoms with Crippen molar-refractivity contribution in [3.05, 3.63) is 98.3 Å². The average molecular weight is 350 g/mol. The second-order valence-corrected chi connectivity index (χ2v) is 6.33. The van der Waals surface area contributed by atoms with E-state index < -0.39 is 0 Å². The highest BCUT2D eigenvalue weighted by molar-refractivity contribution is 5.26. The first-order valence-electron chi connectivity index (χ1n) is 8.59. The molecule has 0 spiro atoms. The van der Waals surface area contributed by atoms with Crippen molar-refractivity contribution in [3.8, 4) is 5.75 Å². The normalized spacial score (nSPS) is 10.7. The molecule has 26 heavy (non-hydrogen) atoms. The summed E-state index contributed by atoms with van der Waals surface area (Å²) in [6.07, 6.45) is 1.60. The summed E-state index contributed by atoms with van der Waals surface area (Å²) < 4.78 is 8.51. The highest BCUT2D eigenvalue weighted by atomic mass is 16.5. The molecular formula is C21H22N2O3. The molecule has 134 valence electrons. The molecule has 0 aliphatic rings. The fourth-order valence-corrected chi connectivity index (χ4v) is 2.76. The van der Waals surface area contributed by atoms with Crippen LogP contribution in [0.5, 0.6) is 5.75 Å². The molecule has 0 aliphatic heterocycles. The Hall–Kier alpha value is -3.08. The summed E-state index contributed by atoms with van der Waals surface area (Å²) in [6, 6.07) is 17.3. The molecule has 3 aromatic rings. The summed E-state index contributed by atoms with van der Waals surface area (Å²) in [7, 11) is 0. The molecule has 0 aliphatic carbocycles. The maximum absolute atomic E-state index is 12.7. The van der Waals surface area contributed by atoms with E-state index in [2.05, 4.69) is 0 Å². The van der Waals surface area contributed by atoms with Gasteiger partial charge in [-0.1, -0.05) is 48.0 Å². The largest absolute Gasteiger partial charge is 0.492 e. The van der Waals surface area contributed by atoms with Crippen LogP contribution in [-0.4, -0.2) is 15.7 Å². The van der Waals surface area contributed by atoms with E-state index in [1.807, 2.05) is 61.5 Å². The van der Waals surface area contributed by atoms with Gasteiger partial charge in [0.2, 0.25) is 0 Å². The Balaban J connectivity index is 1.78. The van der Waals surface area contributed by atoms with Gasteiger partial charge in [-0.05, 0) is 31.5 Å². The highest BCUT2D eigenvalue weighted by Gasteiger charge is 2.09. The summed E-state index contributed by atoms with van der Waals surface area (Å²) >= 11 is 0. The zero-order valence-corrected chi connectivity index (χ0v) is 15.0. The number of aromatic nitrogens is 2. The van der Waals surface area contributed by atoms with E-state index in [0.29, 0.717) is 18.7 Å². The van der Waals surface area contributed by atoms with Gasteiger partial charge >= 0.3 is 5.69 Å².